The maximum atomic E-state index is 12.2. The lowest BCUT2D eigenvalue weighted by molar-refractivity contribution is -0.143. The quantitative estimate of drug-likeness (QED) is 0.768. The second kappa shape index (κ2) is 6.21. The average Bonchev–Trinajstić information content (AvgIpc) is 2.67. The highest BCUT2D eigenvalue weighted by molar-refractivity contribution is 4.98. The first-order chi connectivity index (χ1) is 8.33. The van der Waals surface area contributed by atoms with E-state index in [-0.39, 0.29) is 18.1 Å². The Balaban J connectivity index is 2.43. The van der Waals surface area contributed by atoms with Crippen LogP contribution in [0.5, 0.6) is 0 Å². The molecule has 0 aromatic carbocycles. The summed E-state index contributed by atoms with van der Waals surface area (Å²) < 4.78 is 36.6. The fourth-order valence-electron chi connectivity index (χ4n) is 2.94. The predicted molar refractivity (Wildman–Crippen MR) is 64.4 cm³/mol. The summed E-state index contributed by atoms with van der Waals surface area (Å²) in [7, 11) is 3.30. The fourth-order valence-corrected chi connectivity index (χ4v) is 2.94. The van der Waals surface area contributed by atoms with E-state index in [1.54, 1.807) is 0 Å². The molecule has 1 saturated carbocycles. The Labute approximate surface area is 106 Å². The zero-order chi connectivity index (χ0) is 13.8. The Morgan fingerprint density at radius 2 is 2.11 bits per heavy atom. The van der Waals surface area contributed by atoms with Gasteiger partial charge in [-0.05, 0) is 45.8 Å². The summed E-state index contributed by atoms with van der Waals surface area (Å²) in [5, 5.41) is 12.6. The summed E-state index contributed by atoms with van der Waals surface area (Å²) in [6.07, 6.45) is -0.556. The zero-order valence-electron chi connectivity index (χ0n) is 11.1. The van der Waals surface area contributed by atoms with Crippen LogP contribution in [0.4, 0.5) is 13.2 Å². The van der Waals surface area contributed by atoms with Gasteiger partial charge >= 0.3 is 6.18 Å². The van der Waals surface area contributed by atoms with E-state index in [1.807, 2.05) is 7.05 Å². The Hall–Kier alpha value is -0.330. The molecule has 0 saturated heterocycles. The predicted octanol–water partition coefficient (Wildman–Crippen LogP) is 1.62. The molecule has 108 valence electrons. The highest BCUT2D eigenvalue weighted by Crippen LogP contribution is 2.37. The zero-order valence-corrected chi connectivity index (χ0v) is 11.1. The van der Waals surface area contributed by atoms with E-state index in [4.69, 9.17) is 0 Å². The summed E-state index contributed by atoms with van der Waals surface area (Å²) in [6, 6.07) is 0. The number of nitrogens with zero attached hydrogens (tertiary/aromatic N) is 1. The van der Waals surface area contributed by atoms with Crippen LogP contribution in [0.1, 0.15) is 25.7 Å². The van der Waals surface area contributed by atoms with Gasteiger partial charge in [-0.15, -0.1) is 0 Å². The molecule has 0 aromatic rings. The summed E-state index contributed by atoms with van der Waals surface area (Å²) in [5.41, 5.74) is -0.293. The molecule has 0 aromatic heterocycles. The second-order valence-electron chi connectivity index (χ2n) is 5.30. The van der Waals surface area contributed by atoms with Gasteiger partial charge in [-0.25, -0.2) is 0 Å². The molecule has 1 aliphatic rings. The smallest absolute Gasteiger partial charge is 0.394 e. The number of nitrogens with one attached hydrogen (secondary N) is 1. The number of aliphatic hydroxyl groups excluding tert-OH is 1. The van der Waals surface area contributed by atoms with Crippen LogP contribution in [-0.4, -0.2) is 55.5 Å². The lowest BCUT2D eigenvalue weighted by Gasteiger charge is -2.34. The van der Waals surface area contributed by atoms with Gasteiger partial charge in [-0.1, -0.05) is 6.42 Å². The van der Waals surface area contributed by atoms with Crippen molar-refractivity contribution < 1.29 is 18.3 Å². The molecule has 2 unspecified atom stereocenters. The van der Waals surface area contributed by atoms with Gasteiger partial charge < -0.3 is 10.4 Å². The SMILES string of the molecule is CNC1(CO)CCCC1CCN(C)CC(F)(F)F. The van der Waals surface area contributed by atoms with Crippen LogP contribution in [-0.2, 0) is 0 Å². The van der Waals surface area contributed by atoms with Gasteiger partial charge in [0, 0.05) is 5.54 Å². The van der Waals surface area contributed by atoms with Crippen LogP contribution in [0.15, 0.2) is 0 Å². The van der Waals surface area contributed by atoms with Gasteiger partial charge in [0.1, 0.15) is 0 Å². The molecule has 1 aliphatic carbocycles. The summed E-state index contributed by atoms with van der Waals surface area (Å²) in [4.78, 5) is 1.30. The molecular weight excluding hydrogens is 245 g/mol. The second-order valence-corrected chi connectivity index (χ2v) is 5.30. The van der Waals surface area contributed by atoms with Crippen molar-refractivity contribution in [2.75, 3.05) is 33.8 Å². The van der Waals surface area contributed by atoms with Crippen molar-refractivity contribution in [2.24, 2.45) is 5.92 Å². The van der Waals surface area contributed by atoms with E-state index in [0.29, 0.717) is 13.0 Å². The van der Waals surface area contributed by atoms with E-state index in [9.17, 15) is 18.3 Å². The van der Waals surface area contributed by atoms with Crippen LogP contribution in [0.2, 0.25) is 0 Å². The number of hydrogen-bond acceptors (Lipinski definition) is 3. The van der Waals surface area contributed by atoms with Gasteiger partial charge in [0.15, 0.2) is 0 Å². The minimum absolute atomic E-state index is 0.0527. The molecule has 1 fully saturated rings. The van der Waals surface area contributed by atoms with Crippen molar-refractivity contribution in [1.29, 1.82) is 0 Å². The molecule has 0 bridgehead atoms. The van der Waals surface area contributed by atoms with Gasteiger partial charge in [-0.2, -0.15) is 13.2 Å². The maximum Gasteiger partial charge on any atom is 0.401 e. The van der Waals surface area contributed by atoms with Gasteiger partial charge in [0.05, 0.1) is 13.2 Å². The van der Waals surface area contributed by atoms with Crippen LogP contribution in [0.3, 0.4) is 0 Å². The molecule has 0 heterocycles. The number of rotatable bonds is 6. The lowest BCUT2D eigenvalue weighted by Crippen LogP contribution is -2.50. The first-order valence-corrected chi connectivity index (χ1v) is 6.38. The third kappa shape index (κ3) is 4.10. The number of halogens is 3. The van der Waals surface area contributed by atoms with Crippen molar-refractivity contribution >= 4 is 0 Å². The molecule has 1 rings (SSSR count). The first kappa shape index (κ1) is 15.7. The molecule has 0 amide bonds. The van der Waals surface area contributed by atoms with Crippen LogP contribution < -0.4 is 5.32 Å². The molecule has 18 heavy (non-hydrogen) atoms. The van der Waals surface area contributed by atoms with Crippen molar-refractivity contribution in [3.8, 4) is 0 Å². The third-order valence-corrected chi connectivity index (χ3v) is 4.05. The number of aliphatic hydroxyl groups is 1. The van der Waals surface area contributed by atoms with E-state index < -0.39 is 12.7 Å². The Kier molecular flexibility index (Phi) is 5.43. The van der Waals surface area contributed by atoms with Crippen LogP contribution in [0, 0.1) is 5.92 Å². The van der Waals surface area contributed by atoms with E-state index in [0.717, 1.165) is 19.3 Å². The first-order valence-electron chi connectivity index (χ1n) is 6.38. The monoisotopic (exact) mass is 268 g/mol. The normalized spacial score (nSPS) is 29.2. The highest BCUT2D eigenvalue weighted by atomic mass is 19.4. The minimum Gasteiger partial charge on any atom is -0.394 e. The molecule has 3 nitrogen and oxygen atoms in total. The topological polar surface area (TPSA) is 35.5 Å². The molecule has 0 aliphatic heterocycles. The fraction of sp³-hybridized carbons (Fsp3) is 1.00. The number of likely N-dealkylation sites (N-methyl/N-ethyl adjacent to an activating group) is 1. The van der Waals surface area contributed by atoms with E-state index in [2.05, 4.69) is 5.32 Å². The molecule has 0 spiro atoms. The molecular formula is C12H23F3N2O. The Morgan fingerprint density at radius 3 is 2.61 bits per heavy atom. The summed E-state index contributed by atoms with van der Waals surface area (Å²) >= 11 is 0. The van der Waals surface area contributed by atoms with Crippen LogP contribution >= 0.6 is 0 Å². The number of hydrogen-bond donors (Lipinski definition) is 2. The van der Waals surface area contributed by atoms with Crippen molar-refractivity contribution in [3.63, 3.8) is 0 Å². The third-order valence-electron chi connectivity index (χ3n) is 4.05. The van der Waals surface area contributed by atoms with Gasteiger partial charge in [0.2, 0.25) is 0 Å². The van der Waals surface area contributed by atoms with Gasteiger partial charge in [-0.3, -0.25) is 4.90 Å². The molecule has 2 atom stereocenters. The summed E-state index contributed by atoms with van der Waals surface area (Å²) in [5.74, 6) is 0.253. The average molecular weight is 268 g/mol. The van der Waals surface area contributed by atoms with Crippen molar-refractivity contribution in [3.05, 3.63) is 0 Å². The standard InChI is InChI=1S/C12H23F3N2O/c1-16-11(9-18)6-3-4-10(11)5-7-17(2)8-12(13,14)15/h10,16,18H,3-9H2,1-2H3. The number of alkyl halides is 3. The minimum atomic E-state index is -4.14. The molecule has 2 N–H and O–H groups in total. The van der Waals surface area contributed by atoms with Crippen molar-refractivity contribution in [1.82, 2.24) is 10.2 Å². The Morgan fingerprint density at radius 1 is 1.44 bits per heavy atom. The maximum absolute atomic E-state index is 12.2. The molecule has 6 heteroatoms. The van der Waals surface area contributed by atoms with Crippen molar-refractivity contribution in [2.45, 2.75) is 37.4 Å². The van der Waals surface area contributed by atoms with E-state index in [1.165, 1.54) is 11.9 Å². The Bertz CT molecular complexity index is 254. The summed E-state index contributed by atoms with van der Waals surface area (Å²) in [6.45, 7) is -0.407. The highest BCUT2D eigenvalue weighted by Gasteiger charge is 2.41. The molecule has 0 radical (unpaired) electrons. The van der Waals surface area contributed by atoms with Gasteiger partial charge in [0.25, 0.3) is 0 Å². The lowest BCUT2D eigenvalue weighted by atomic mass is 9.85. The largest absolute Gasteiger partial charge is 0.401 e. The van der Waals surface area contributed by atoms with Crippen LogP contribution in [0.25, 0.3) is 0 Å². The van der Waals surface area contributed by atoms with E-state index >= 15 is 0 Å².